The Morgan fingerprint density at radius 2 is 1.96 bits per heavy atom. The second kappa shape index (κ2) is 6.24. The molecule has 0 aliphatic carbocycles. The van der Waals surface area contributed by atoms with Gasteiger partial charge in [-0.1, -0.05) is 0 Å². The Balaban J connectivity index is 2.19. The molecule has 1 heterocycles. The molecule has 0 saturated carbocycles. The van der Waals surface area contributed by atoms with E-state index in [1.807, 2.05) is 0 Å². The predicted molar refractivity (Wildman–Crippen MR) is 93.9 cm³/mol. The first-order valence-electron chi connectivity index (χ1n) is 7.31. The van der Waals surface area contributed by atoms with Crippen molar-refractivity contribution in [3.05, 3.63) is 57.6 Å². The largest absolute Gasteiger partial charge is 0.508 e. The van der Waals surface area contributed by atoms with Gasteiger partial charge in [0.1, 0.15) is 5.75 Å². The standard InChI is InChI=1S/C16H13N3O6S/c1-17-26(24,25)11-3-4-14-12(8-11)13(16(21)18-14)7-9-6-10(20)2-5-15(9)19(22)23/h2-8,17,20H,1H3,(H,18,21). The Morgan fingerprint density at radius 3 is 2.62 bits per heavy atom. The van der Waals surface area contributed by atoms with Crippen molar-refractivity contribution in [3.63, 3.8) is 0 Å². The zero-order chi connectivity index (χ0) is 19.1. The van der Waals surface area contributed by atoms with E-state index in [0.717, 1.165) is 12.1 Å². The monoisotopic (exact) mass is 375 g/mol. The number of phenols is 1. The lowest BCUT2D eigenvalue weighted by atomic mass is 10.0. The highest BCUT2D eigenvalue weighted by Crippen LogP contribution is 2.36. The van der Waals surface area contributed by atoms with Gasteiger partial charge < -0.3 is 10.4 Å². The molecule has 0 atom stereocenters. The number of aromatic hydroxyl groups is 1. The van der Waals surface area contributed by atoms with E-state index in [0.29, 0.717) is 11.3 Å². The number of nitro groups is 1. The molecule has 3 N–H and O–H groups in total. The van der Waals surface area contributed by atoms with Gasteiger partial charge in [-0.3, -0.25) is 14.9 Å². The number of amides is 1. The van der Waals surface area contributed by atoms with Crippen LogP contribution >= 0.6 is 0 Å². The molecule has 3 rings (SSSR count). The highest BCUT2D eigenvalue weighted by atomic mass is 32.2. The number of anilines is 1. The summed E-state index contributed by atoms with van der Waals surface area (Å²) in [4.78, 5) is 22.7. The van der Waals surface area contributed by atoms with Crippen LogP contribution in [-0.4, -0.2) is 31.4 Å². The lowest BCUT2D eigenvalue weighted by Gasteiger charge is -2.05. The fourth-order valence-corrected chi connectivity index (χ4v) is 3.33. The topological polar surface area (TPSA) is 139 Å². The molecule has 1 aliphatic heterocycles. The molecule has 0 unspecified atom stereocenters. The van der Waals surface area contributed by atoms with Gasteiger partial charge in [0.15, 0.2) is 0 Å². The van der Waals surface area contributed by atoms with Gasteiger partial charge in [-0.25, -0.2) is 13.1 Å². The van der Waals surface area contributed by atoms with E-state index < -0.39 is 20.9 Å². The van der Waals surface area contributed by atoms with Crippen LogP contribution in [0.4, 0.5) is 11.4 Å². The van der Waals surface area contributed by atoms with Crippen LogP contribution in [-0.2, 0) is 14.8 Å². The number of phenolic OH excluding ortho intramolecular Hbond substituents is 1. The van der Waals surface area contributed by atoms with E-state index in [9.17, 15) is 28.4 Å². The molecule has 0 aromatic heterocycles. The third-order valence-electron chi connectivity index (χ3n) is 3.86. The molecule has 1 aliphatic rings. The Kier molecular flexibility index (Phi) is 4.22. The lowest BCUT2D eigenvalue weighted by Crippen LogP contribution is -2.18. The average Bonchev–Trinajstić information content (AvgIpc) is 2.89. The van der Waals surface area contributed by atoms with Gasteiger partial charge in [0.05, 0.1) is 15.4 Å². The van der Waals surface area contributed by atoms with Gasteiger partial charge in [-0.05, 0) is 43.5 Å². The fraction of sp³-hybridized carbons (Fsp3) is 0.0625. The predicted octanol–water partition coefficient (Wildman–Crippen LogP) is 1.70. The number of nitrogens with zero attached hydrogens (tertiary/aromatic N) is 1. The third kappa shape index (κ3) is 3.03. The van der Waals surface area contributed by atoms with Crippen molar-refractivity contribution in [2.75, 3.05) is 12.4 Å². The number of fused-ring (bicyclic) bond motifs is 1. The fourth-order valence-electron chi connectivity index (χ4n) is 2.57. The number of sulfonamides is 1. The van der Waals surface area contributed by atoms with E-state index in [4.69, 9.17) is 0 Å². The summed E-state index contributed by atoms with van der Waals surface area (Å²) in [6.45, 7) is 0. The number of rotatable bonds is 4. The van der Waals surface area contributed by atoms with Crippen LogP contribution in [0.15, 0.2) is 41.3 Å². The van der Waals surface area contributed by atoms with E-state index in [-0.39, 0.29) is 27.5 Å². The minimum absolute atomic E-state index is 0.0230. The molecule has 0 saturated heterocycles. The van der Waals surface area contributed by atoms with Crippen molar-refractivity contribution >= 4 is 39.0 Å². The molecule has 10 heteroatoms. The Bertz CT molecular complexity index is 1080. The van der Waals surface area contributed by atoms with Crippen LogP contribution in [0.25, 0.3) is 11.6 Å². The smallest absolute Gasteiger partial charge is 0.276 e. The number of hydrogen-bond donors (Lipinski definition) is 3. The van der Waals surface area contributed by atoms with Crippen molar-refractivity contribution in [1.82, 2.24) is 4.72 Å². The lowest BCUT2D eigenvalue weighted by molar-refractivity contribution is -0.385. The summed E-state index contributed by atoms with van der Waals surface area (Å²) in [5.74, 6) is -0.732. The minimum Gasteiger partial charge on any atom is -0.508 e. The molecular formula is C16H13N3O6S. The van der Waals surface area contributed by atoms with Crippen LogP contribution in [0, 0.1) is 10.1 Å². The molecule has 9 nitrogen and oxygen atoms in total. The molecular weight excluding hydrogens is 362 g/mol. The normalized spacial score (nSPS) is 15.0. The quantitative estimate of drug-likeness (QED) is 0.422. The summed E-state index contributed by atoms with van der Waals surface area (Å²) in [6, 6.07) is 7.53. The second-order valence-corrected chi connectivity index (χ2v) is 7.31. The number of carbonyl (C=O) groups is 1. The highest BCUT2D eigenvalue weighted by molar-refractivity contribution is 7.89. The van der Waals surface area contributed by atoms with Crippen LogP contribution in [0.1, 0.15) is 11.1 Å². The summed E-state index contributed by atoms with van der Waals surface area (Å²) < 4.78 is 26.1. The number of hydrogen-bond acceptors (Lipinski definition) is 6. The summed E-state index contributed by atoms with van der Waals surface area (Å²) in [7, 11) is -2.46. The van der Waals surface area contributed by atoms with Crippen molar-refractivity contribution < 1.29 is 23.2 Å². The maximum absolute atomic E-state index is 12.3. The maximum atomic E-state index is 12.3. The zero-order valence-corrected chi connectivity index (χ0v) is 14.2. The first-order valence-corrected chi connectivity index (χ1v) is 8.79. The summed E-state index contributed by atoms with van der Waals surface area (Å²) in [5.41, 5.74) is 0.468. The Morgan fingerprint density at radius 1 is 1.23 bits per heavy atom. The number of nitrogens with one attached hydrogen (secondary N) is 2. The molecule has 0 spiro atoms. The number of nitro benzene ring substituents is 1. The van der Waals surface area contributed by atoms with Crippen molar-refractivity contribution in [2.45, 2.75) is 4.90 Å². The molecule has 134 valence electrons. The van der Waals surface area contributed by atoms with E-state index >= 15 is 0 Å². The molecule has 26 heavy (non-hydrogen) atoms. The van der Waals surface area contributed by atoms with Crippen molar-refractivity contribution in [2.24, 2.45) is 0 Å². The number of benzene rings is 2. The highest BCUT2D eigenvalue weighted by Gasteiger charge is 2.27. The van der Waals surface area contributed by atoms with Crippen LogP contribution < -0.4 is 10.0 Å². The first-order chi connectivity index (χ1) is 12.2. The van der Waals surface area contributed by atoms with Crippen LogP contribution in [0.3, 0.4) is 0 Å². The minimum atomic E-state index is -3.73. The molecule has 2 aromatic carbocycles. The molecule has 0 bridgehead atoms. The summed E-state index contributed by atoms with van der Waals surface area (Å²) >= 11 is 0. The summed E-state index contributed by atoms with van der Waals surface area (Å²) in [5, 5.41) is 23.3. The van der Waals surface area contributed by atoms with Gasteiger partial charge in [0.25, 0.3) is 11.6 Å². The molecule has 2 aromatic rings. The molecule has 1 amide bonds. The van der Waals surface area contributed by atoms with E-state index in [2.05, 4.69) is 10.0 Å². The zero-order valence-electron chi connectivity index (χ0n) is 13.4. The average molecular weight is 375 g/mol. The Labute approximate surface area is 148 Å². The van der Waals surface area contributed by atoms with Crippen molar-refractivity contribution in [1.29, 1.82) is 0 Å². The van der Waals surface area contributed by atoms with Gasteiger partial charge >= 0.3 is 0 Å². The first kappa shape index (κ1) is 17.6. The van der Waals surface area contributed by atoms with Gasteiger partial charge in [-0.2, -0.15) is 0 Å². The van der Waals surface area contributed by atoms with Gasteiger partial charge in [0, 0.05) is 22.9 Å². The van der Waals surface area contributed by atoms with E-state index in [1.54, 1.807) is 0 Å². The SMILES string of the molecule is CNS(=O)(=O)c1ccc2c(c1)C(=Cc1cc(O)ccc1[N+](=O)[O-])C(=O)N2. The number of carbonyl (C=O) groups excluding carboxylic acids is 1. The molecule has 0 fully saturated rings. The van der Waals surface area contributed by atoms with Gasteiger partial charge in [-0.15, -0.1) is 0 Å². The van der Waals surface area contributed by atoms with Crippen LogP contribution in [0.2, 0.25) is 0 Å². The van der Waals surface area contributed by atoms with Crippen LogP contribution in [0.5, 0.6) is 5.75 Å². The molecule has 0 radical (unpaired) electrons. The third-order valence-corrected chi connectivity index (χ3v) is 5.27. The van der Waals surface area contributed by atoms with Gasteiger partial charge in [0.2, 0.25) is 10.0 Å². The summed E-state index contributed by atoms with van der Waals surface area (Å²) in [6.07, 6.45) is 1.24. The Hall–Kier alpha value is -3.24. The van der Waals surface area contributed by atoms with Crippen molar-refractivity contribution in [3.8, 4) is 5.75 Å². The maximum Gasteiger partial charge on any atom is 0.276 e. The second-order valence-electron chi connectivity index (χ2n) is 5.43. The van der Waals surface area contributed by atoms with E-state index in [1.165, 1.54) is 37.4 Å².